The van der Waals surface area contributed by atoms with Crippen LogP contribution in [-0.4, -0.2) is 23.4 Å². The van der Waals surface area contributed by atoms with Crippen LogP contribution < -0.4 is 10.1 Å². The Kier molecular flexibility index (Phi) is 5.84. The molecule has 1 atom stereocenters. The molecule has 21 heavy (non-hydrogen) atoms. The SMILES string of the molecule is CCCNC(c1csc(Br)c1)c1c(OC)cnn1C(C)C. The Balaban J connectivity index is 2.47. The summed E-state index contributed by atoms with van der Waals surface area (Å²) in [5.74, 6) is 0.833. The highest BCUT2D eigenvalue weighted by Gasteiger charge is 2.25. The zero-order valence-electron chi connectivity index (χ0n) is 12.9. The zero-order valence-corrected chi connectivity index (χ0v) is 15.3. The molecule has 0 aromatic carbocycles. The highest BCUT2D eigenvalue weighted by Crippen LogP contribution is 2.35. The average molecular weight is 372 g/mol. The first-order valence-electron chi connectivity index (χ1n) is 7.17. The molecule has 0 aliphatic heterocycles. The molecule has 1 unspecified atom stereocenters. The molecule has 2 aromatic rings. The standard InChI is InChI=1S/C15H22BrN3OS/c1-5-6-17-14(11-7-13(16)21-9-11)15-12(20-4)8-18-19(15)10(2)3/h7-10,14,17H,5-6H2,1-4H3. The van der Waals surface area contributed by atoms with Crippen molar-refractivity contribution in [2.24, 2.45) is 0 Å². The van der Waals surface area contributed by atoms with E-state index in [1.807, 2.05) is 4.68 Å². The van der Waals surface area contributed by atoms with E-state index in [-0.39, 0.29) is 12.1 Å². The first kappa shape index (κ1) is 16.5. The Bertz CT molecular complexity index is 579. The van der Waals surface area contributed by atoms with Gasteiger partial charge >= 0.3 is 0 Å². The number of thiophene rings is 1. The fraction of sp³-hybridized carbons (Fsp3) is 0.533. The van der Waals surface area contributed by atoms with Gasteiger partial charge in [0.05, 0.1) is 23.1 Å². The van der Waals surface area contributed by atoms with Gasteiger partial charge in [0.2, 0.25) is 0 Å². The number of hydrogen-bond donors (Lipinski definition) is 1. The molecule has 2 rings (SSSR count). The quantitative estimate of drug-likeness (QED) is 0.784. The molecule has 0 aliphatic carbocycles. The third-order valence-electron chi connectivity index (χ3n) is 3.30. The smallest absolute Gasteiger partial charge is 0.161 e. The number of methoxy groups -OCH3 is 1. The van der Waals surface area contributed by atoms with Crippen molar-refractivity contribution < 1.29 is 4.74 Å². The zero-order chi connectivity index (χ0) is 15.4. The van der Waals surface area contributed by atoms with Crippen molar-refractivity contribution >= 4 is 27.3 Å². The van der Waals surface area contributed by atoms with Crippen LogP contribution in [0.2, 0.25) is 0 Å². The summed E-state index contributed by atoms with van der Waals surface area (Å²) >= 11 is 5.25. The van der Waals surface area contributed by atoms with Crippen LogP contribution in [0.1, 0.15) is 50.5 Å². The van der Waals surface area contributed by atoms with Crippen molar-refractivity contribution in [3.8, 4) is 5.75 Å². The number of aromatic nitrogens is 2. The molecule has 2 aromatic heterocycles. The number of hydrogen-bond acceptors (Lipinski definition) is 4. The van der Waals surface area contributed by atoms with Crippen molar-refractivity contribution in [1.82, 2.24) is 15.1 Å². The number of nitrogens with zero attached hydrogens (tertiary/aromatic N) is 2. The highest BCUT2D eigenvalue weighted by molar-refractivity contribution is 9.11. The van der Waals surface area contributed by atoms with Crippen LogP contribution in [0, 0.1) is 0 Å². The molecule has 0 amide bonds. The van der Waals surface area contributed by atoms with Gasteiger partial charge < -0.3 is 10.1 Å². The van der Waals surface area contributed by atoms with Crippen LogP contribution in [-0.2, 0) is 0 Å². The van der Waals surface area contributed by atoms with Crippen molar-refractivity contribution in [2.45, 2.75) is 39.3 Å². The fourth-order valence-electron chi connectivity index (χ4n) is 2.34. The normalized spacial score (nSPS) is 12.9. The van der Waals surface area contributed by atoms with Crippen LogP contribution in [0.5, 0.6) is 5.75 Å². The Morgan fingerprint density at radius 3 is 2.76 bits per heavy atom. The maximum Gasteiger partial charge on any atom is 0.161 e. The Labute approximate surface area is 138 Å². The molecule has 6 heteroatoms. The van der Waals surface area contributed by atoms with E-state index in [1.165, 1.54) is 5.56 Å². The van der Waals surface area contributed by atoms with Gasteiger partial charge in [0.25, 0.3) is 0 Å². The van der Waals surface area contributed by atoms with Crippen molar-refractivity contribution in [3.63, 3.8) is 0 Å². The topological polar surface area (TPSA) is 39.1 Å². The molecule has 1 N–H and O–H groups in total. The van der Waals surface area contributed by atoms with Gasteiger partial charge in [-0.2, -0.15) is 5.10 Å². The van der Waals surface area contributed by atoms with Crippen LogP contribution in [0.15, 0.2) is 21.4 Å². The largest absolute Gasteiger partial charge is 0.493 e. The molecule has 0 bridgehead atoms. The summed E-state index contributed by atoms with van der Waals surface area (Å²) in [6.07, 6.45) is 2.89. The molecule has 2 heterocycles. The second-order valence-corrected chi connectivity index (χ2v) is 7.50. The monoisotopic (exact) mass is 371 g/mol. The van der Waals surface area contributed by atoms with Gasteiger partial charge in [-0.25, -0.2) is 0 Å². The summed E-state index contributed by atoms with van der Waals surface area (Å²) in [6, 6.07) is 2.54. The maximum absolute atomic E-state index is 5.53. The van der Waals surface area contributed by atoms with Gasteiger partial charge in [0, 0.05) is 6.04 Å². The van der Waals surface area contributed by atoms with Gasteiger partial charge in [-0.3, -0.25) is 4.68 Å². The summed E-state index contributed by atoms with van der Waals surface area (Å²) < 4.78 is 8.71. The number of nitrogens with one attached hydrogen (secondary N) is 1. The van der Waals surface area contributed by atoms with Gasteiger partial charge in [-0.05, 0) is 59.8 Å². The summed E-state index contributed by atoms with van der Waals surface area (Å²) in [6.45, 7) is 7.39. The minimum absolute atomic E-state index is 0.0901. The Morgan fingerprint density at radius 1 is 1.48 bits per heavy atom. The minimum atomic E-state index is 0.0901. The Hall–Kier alpha value is -0.850. The molecule has 0 saturated heterocycles. The molecule has 4 nitrogen and oxygen atoms in total. The average Bonchev–Trinajstić information content (AvgIpc) is 3.06. The van der Waals surface area contributed by atoms with E-state index in [0.29, 0.717) is 0 Å². The lowest BCUT2D eigenvalue weighted by Crippen LogP contribution is -2.26. The molecule has 0 spiro atoms. The van der Waals surface area contributed by atoms with Crippen LogP contribution >= 0.6 is 27.3 Å². The minimum Gasteiger partial charge on any atom is -0.493 e. The summed E-state index contributed by atoms with van der Waals surface area (Å²) in [4.78, 5) is 0. The van der Waals surface area contributed by atoms with Crippen molar-refractivity contribution in [3.05, 3.63) is 32.7 Å². The van der Waals surface area contributed by atoms with Crippen molar-refractivity contribution in [1.29, 1.82) is 0 Å². The third kappa shape index (κ3) is 3.67. The molecule has 116 valence electrons. The van der Waals surface area contributed by atoms with Gasteiger partial charge in [-0.15, -0.1) is 11.3 Å². The van der Waals surface area contributed by atoms with Gasteiger partial charge in [0.1, 0.15) is 5.69 Å². The lowest BCUT2D eigenvalue weighted by molar-refractivity contribution is 0.393. The molecule has 0 saturated carbocycles. The highest BCUT2D eigenvalue weighted by atomic mass is 79.9. The molecule has 0 radical (unpaired) electrons. The summed E-state index contributed by atoms with van der Waals surface area (Å²) in [5, 5.41) is 10.3. The fourth-order valence-corrected chi connectivity index (χ4v) is 3.54. The van der Waals surface area contributed by atoms with E-state index in [0.717, 1.165) is 28.2 Å². The first-order chi connectivity index (χ1) is 10.1. The van der Waals surface area contributed by atoms with Gasteiger partial charge in [0.15, 0.2) is 5.75 Å². The van der Waals surface area contributed by atoms with E-state index in [2.05, 4.69) is 58.6 Å². The lowest BCUT2D eigenvalue weighted by Gasteiger charge is -2.22. The summed E-state index contributed by atoms with van der Waals surface area (Å²) in [7, 11) is 1.70. The molecule has 0 aliphatic rings. The van der Waals surface area contributed by atoms with Gasteiger partial charge in [-0.1, -0.05) is 6.92 Å². The van der Waals surface area contributed by atoms with Crippen molar-refractivity contribution in [2.75, 3.05) is 13.7 Å². The van der Waals surface area contributed by atoms with E-state index in [9.17, 15) is 0 Å². The Morgan fingerprint density at radius 2 is 2.24 bits per heavy atom. The van der Waals surface area contributed by atoms with E-state index >= 15 is 0 Å². The molecule has 0 fully saturated rings. The molecular formula is C15H22BrN3OS. The van der Waals surface area contributed by atoms with Crippen LogP contribution in [0.4, 0.5) is 0 Å². The van der Waals surface area contributed by atoms with Crippen LogP contribution in [0.3, 0.4) is 0 Å². The van der Waals surface area contributed by atoms with E-state index in [1.54, 1.807) is 24.6 Å². The maximum atomic E-state index is 5.53. The first-order valence-corrected chi connectivity index (χ1v) is 8.84. The third-order valence-corrected chi connectivity index (χ3v) is 4.82. The summed E-state index contributed by atoms with van der Waals surface area (Å²) in [5.41, 5.74) is 2.33. The second-order valence-electron chi connectivity index (χ2n) is 5.21. The molecular weight excluding hydrogens is 350 g/mol. The van der Waals surface area contributed by atoms with Crippen LogP contribution in [0.25, 0.3) is 0 Å². The second kappa shape index (κ2) is 7.42. The number of rotatable bonds is 7. The predicted octanol–water partition coefficient (Wildman–Crippen LogP) is 4.39. The predicted molar refractivity (Wildman–Crippen MR) is 91.3 cm³/mol. The van der Waals surface area contributed by atoms with E-state index < -0.39 is 0 Å². The number of ether oxygens (including phenoxy) is 1. The van der Waals surface area contributed by atoms with E-state index in [4.69, 9.17) is 4.74 Å². The number of halogens is 1. The lowest BCUT2D eigenvalue weighted by atomic mass is 10.1.